The molecule has 7 heteroatoms. The standard InChI is InChI=1S/C17H18N4O2S/c1-10-16(24-11(2)19-10)14-8-15(22)21-17(20-14)18-9-12-5-4-6-13(7-12)23-3/h4-8H,9H2,1-3H3,(H2,18,20,21,22). The van der Waals surface area contributed by atoms with Crippen LogP contribution in [-0.4, -0.2) is 22.1 Å². The second kappa shape index (κ2) is 6.84. The van der Waals surface area contributed by atoms with E-state index in [1.54, 1.807) is 7.11 Å². The Morgan fingerprint density at radius 1 is 1.25 bits per heavy atom. The van der Waals surface area contributed by atoms with Crippen molar-refractivity contribution in [2.45, 2.75) is 20.4 Å². The summed E-state index contributed by atoms with van der Waals surface area (Å²) in [6.45, 7) is 4.39. The minimum Gasteiger partial charge on any atom is -0.497 e. The number of H-pyrrole nitrogens is 1. The molecule has 124 valence electrons. The summed E-state index contributed by atoms with van der Waals surface area (Å²) in [5.74, 6) is 1.23. The van der Waals surface area contributed by atoms with Gasteiger partial charge in [0.25, 0.3) is 5.56 Å². The second-order valence-electron chi connectivity index (χ2n) is 5.33. The summed E-state index contributed by atoms with van der Waals surface area (Å²) in [5.41, 5.74) is 2.36. The predicted molar refractivity (Wildman–Crippen MR) is 95.8 cm³/mol. The monoisotopic (exact) mass is 342 g/mol. The molecule has 2 heterocycles. The molecule has 2 N–H and O–H groups in total. The van der Waals surface area contributed by atoms with Crippen LogP contribution in [0.15, 0.2) is 35.1 Å². The molecule has 6 nitrogen and oxygen atoms in total. The van der Waals surface area contributed by atoms with E-state index in [1.165, 1.54) is 17.4 Å². The van der Waals surface area contributed by atoms with Gasteiger partial charge < -0.3 is 10.1 Å². The lowest BCUT2D eigenvalue weighted by atomic mass is 10.2. The quantitative estimate of drug-likeness (QED) is 0.745. The van der Waals surface area contributed by atoms with Crippen molar-refractivity contribution in [1.29, 1.82) is 0 Å². The fourth-order valence-electron chi connectivity index (χ4n) is 2.39. The molecule has 0 amide bonds. The van der Waals surface area contributed by atoms with E-state index in [4.69, 9.17) is 4.74 Å². The Balaban J connectivity index is 1.84. The molecule has 3 rings (SSSR count). The zero-order valence-corrected chi connectivity index (χ0v) is 14.5. The summed E-state index contributed by atoms with van der Waals surface area (Å²) in [6, 6.07) is 9.22. The van der Waals surface area contributed by atoms with Gasteiger partial charge >= 0.3 is 0 Å². The third-order valence-electron chi connectivity index (χ3n) is 3.47. The van der Waals surface area contributed by atoms with E-state index in [0.29, 0.717) is 18.2 Å². The first-order valence-corrected chi connectivity index (χ1v) is 8.29. The molecule has 0 saturated heterocycles. The molecule has 2 aromatic heterocycles. The largest absolute Gasteiger partial charge is 0.497 e. The third-order valence-corrected chi connectivity index (χ3v) is 4.57. The minimum absolute atomic E-state index is 0.196. The average Bonchev–Trinajstić information content (AvgIpc) is 2.91. The molecule has 0 unspecified atom stereocenters. The van der Waals surface area contributed by atoms with Gasteiger partial charge in [0.1, 0.15) is 5.75 Å². The molecule has 0 aliphatic heterocycles. The van der Waals surface area contributed by atoms with Gasteiger partial charge in [-0.2, -0.15) is 0 Å². The maximum absolute atomic E-state index is 11.9. The van der Waals surface area contributed by atoms with Gasteiger partial charge in [0, 0.05) is 12.6 Å². The number of benzene rings is 1. The van der Waals surface area contributed by atoms with Crippen LogP contribution in [0.25, 0.3) is 10.6 Å². The maximum atomic E-state index is 11.9. The van der Waals surface area contributed by atoms with E-state index < -0.39 is 0 Å². The molecule has 3 aromatic rings. The SMILES string of the molecule is COc1cccc(CNc2nc(-c3sc(C)nc3C)cc(=O)[nH]2)c1. The highest BCUT2D eigenvalue weighted by molar-refractivity contribution is 7.15. The lowest BCUT2D eigenvalue weighted by Gasteiger charge is -2.08. The van der Waals surface area contributed by atoms with E-state index in [2.05, 4.69) is 20.3 Å². The zero-order valence-electron chi connectivity index (χ0n) is 13.7. The number of anilines is 1. The molecule has 24 heavy (non-hydrogen) atoms. The fraction of sp³-hybridized carbons (Fsp3) is 0.235. The summed E-state index contributed by atoms with van der Waals surface area (Å²) < 4.78 is 5.21. The molecule has 0 spiro atoms. The van der Waals surface area contributed by atoms with Crippen LogP contribution in [0.5, 0.6) is 5.75 Å². The topological polar surface area (TPSA) is 79.9 Å². The van der Waals surface area contributed by atoms with Crippen molar-refractivity contribution in [1.82, 2.24) is 15.0 Å². The van der Waals surface area contributed by atoms with Crippen molar-refractivity contribution in [3.8, 4) is 16.3 Å². The van der Waals surface area contributed by atoms with Crippen molar-refractivity contribution >= 4 is 17.3 Å². The Labute approximate surface area is 143 Å². The average molecular weight is 342 g/mol. The number of ether oxygens (including phenoxy) is 1. The lowest BCUT2D eigenvalue weighted by molar-refractivity contribution is 0.414. The number of hydrogen-bond acceptors (Lipinski definition) is 6. The number of nitrogens with zero attached hydrogens (tertiary/aromatic N) is 2. The number of hydrogen-bond donors (Lipinski definition) is 2. The number of aryl methyl sites for hydroxylation is 2. The van der Waals surface area contributed by atoms with Crippen molar-refractivity contribution in [3.63, 3.8) is 0 Å². The molecule has 0 radical (unpaired) electrons. The van der Waals surface area contributed by atoms with Gasteiger partial charge in [-0.1, -0.05) is 12.1 Å². The molecule has 0 saturated carbocycles. The van der Waals surface area contributed by atoms with Crippen LogP contribution in [-0.2, 0) is 6.54 Å². The molecule has 1 aromatic carbocycles. The van der Waals surface area contributed by atoms with Crippen LogP contribution in [0.2, 0.25) is 0 Å². The van der Waals surface area contributed by atoms with Crippen LogP contribution < -0.4 is 15.6 Å². The van der Waals surface area contributed by atoms with Gasteiger partial charge in [-0.15, -0.1) is 11.3 Å². The van der Waals surface area contributed by atoms with Gasteiger partial charge in [-0.3, -0.25) is 9.78 Å². The van der Waals surface area contributed by atoms with Crippen LogP contribution >= 0.6 is 11.3 Å². The highest BCUT2D eigenvalue weighted by Crippen LogP contribution is 2.27. The number of aromatic nitrogens is 3. The van der Waals surface area contributed by atoms with Crippen molar-refractivity contribution < 1.29 is 4.74 Å². The molecule has 0 aliphatic carbocycles. The van der Waals surface area contributed by atoms with Crippen molar-refractivity contribution in [2.75, 3.05) is 12.4 Å². The van der Waals surface area contributed by atoms with Crippen LogP contribution in [0, 0.1) is 13.8 Å². The molecule has 0 aliphatic rings. The smallest absolute Gasteiger partial charge is 0.252 e. The Morgan fingerprint density at radius 3 is 2.79 bits per heavy atom. The van der Waals surface area contributed by atoms with E-state index in [1.807, 2.05) is 38.1 Å². The fourth-order valence-corrected chi connectivity index (χ4v) is 3.28. The Bertz CT molecular complexity index is 917. The summed E-state index contributed by atoms with van der Waals surface area (Å²) in [6.07, 6.45) is 0. The van der Waals surface area contributed by atoms with Crippen molar-refractivity contribution in [2.24, 2.45) is 0 Å². The van der Waals surface area contributed by atoms with E-state index in [9.17, 15) is 4.79 Å². The maximum Gasteiger partial charge on any atom is 0.252 e. The number of rotatable bonds is 5. The van der Waals surface area contributed by atoms with Gasteiger partial charge in [-0.25, -0.2) is 9.97 Å². The molecule has 0 fully saturated rings. The normalized spacial score (nSPS) is 10.6. The number of aromatic amines is 1. The van der Waals surface area contributed by atoms with Gasteiger partial charge in [0.15, 0.2) is 0 Å². The number of methoxy groups -OCH3 is 1. The van der Waals surface area contributed by atoms with Crippen LogP contribution in [0.1, 0.15) is 16.3 Å². The van der Waals surface area contributed by atoms with E-state index >= 15 is 0 Å². The van der Waals surface area contributed by atoms with E-state index in [-0.39, 0.29) is 5.56 Å². The van der Waals surface area contributed by atoms with Crippen LogP contribution in [0.4, 0.5) is 5.95 Å². The molecule has 0 bridgehead atoms. The molecular weight excluding hydrogens is 324 g/mol. The predicted octanol–water partition coefficient (Wildman–Crippen LogP) is 3.13. The molecular formula is C17H18N4O2S. The summed E-state index contributed by atoms with van der Waals surface area (Å²) in [4.78, 5) is 24.5. The first kappa shape index (κ1) is 16.2. The second-order valence-corrected chi connectivity index (χ2v) is 6.53. The minimum atomic E-state index is -0.196. The van der Waals surface area contributed by atoms with Gasteiger partial charge in [0.2, 0.25) is 5.95 Å². The summed E-state index contributed by atoms with van der Waals surface area (Å²) >= 11 is 1.53. The Morgan fingerprint density at radius 2 is 2.08 bits per heavy atom. The highest BCUT2D eigenvalue weighted by atomic mass is 32.1. The first-order chi connectivity index (χ1) is 11.5. The number of thiazole rings is 1. The summed E-state index contributed by atoms with van der Waals surface area (Å²) in [5, 5.41) is 4.11. The lowest BCUT2D eigenvalue weighted by Crippen LogP contribution is -2.12. The first-order valence-electron chi connectivity index (χ1n) is 7.47. The van der Waals surface area contributed by atoms with E-state index in [0.717, 1.165) is 26.9 Å². The molecule has 0 atom stereocenters. The zero-order chi connectivity index (χ0) is 17.1. The van der Waals surface area contributed by atoms with Gasteiger partial charge in [0.05, 0.1) is 28.4 Å². The Kier molecular flexibility index (Phi) is 4.61. The summed E-state index contributed by atoms with van der Waals surface area (Å²) in [7, 11) is 1.63. The third kappa shape index (κ3) is 3.62. The van der Waals surface area contributed by atoms with Crippen molar-refractivity contribution in [3.05, 3.63) is 57.0 Å². The van der Waals surface area contributed by atoms with Crippen LogP contribution in [0.3, 0.4) is 0 Å². The van der Waals surface area contributed by atoms with Gasteiger partial charge in [-0.05, 0) is 31.5 Å². The highest BCUT2D eigenvalue weighted by Gasteiger charge is 2.11. The Hall–Kier alpha value is -2.67. The number of nitrogens with one attached hydrogen (secondary N) is 2.